The number of carbonyl (C=O) groups is 2. The molecule has 0 aliphatic heterocycles. The third kappa shape index (κ3) is 41.8. The summed E-state index contributed by atoms with van der Waals surface area (Å²) in [4.78, 5) is 26.0. The largest absolute Gasteiger partial charge is 0.458 e. The van der Waals surface area contributed by atoms with E-state index in [-0.39, 0.29) is 24.9 Å². The molecule has 3 N–H and O–H groups in total. The van der Waals surface area contributed by atoms with Gasteiger partial charge in [0.2, 0.25) is 5.91 Å². The Labute approximate surface area is 370 Å². The van der Waals surface area contributed by atoms with Gasteiger partial charge >= 0.3 is 5.97 Å². The molecule has 0 aromatic rings. The van der Waals surface area contributed by atoms with E-state index in [0.29, 0.717) is 19.3 Å². The van der Waals surface area contributed by atoms with Crippen LogP contribution in [-0.4, -0.2) is 46.9 Å². The summed E-state index contributed by atoms with van der Waals surface area (Å²) in [5, 5.41) is 23.6. The molecule has 0 heterocycles. The number of unbranched alkanes of at least 4 members (excludes halogenated alkanes) is 19. The number of aliphatic hydroxyl groups excluding tert-OH is 2. The van der Waals surface area contributed by atoms with Gasteiger partial charge in [-0.1, -0.05) is 209 Å². The van der Waals surface area contributed by atoms with Gasteiger partial charge in [0.25, 0.3) is 0 Å². The van der Waals surface area contributed by atoms with Crippen molar-refractivity contribution in [3.8, 4) is 0 Å². The molecule has 1 amide bonds. The van der Waals surface area contributed by atoms with E-state index in [1.54, 1.807) is 6.08 Å². The molecule has 344 valence electrons. The lowest BCUT2D eigenvalue weighted by Crippen LogP contribution is -2.46. The van der Waals surface area contributed by atoms with Crippen LogP contribution in [0.25, 0.3) is 0 Å². The zero-order valence-electron chi connectivity index (χ0n) is 39.1. The summed E-state index contributed by atoms with van der Waals surface area (Å²) in [6.45, 7) is 6.30. The van der Waals surface area contributed by atoms with Gasteiger partial charge in [-0.15, -0.1) is 0 Å². The molecule has 0 aliphatic carbocycles. The maximum absolute atomic E-state index is 13.1. The molecular formula is C54H93NO5. The van der Waals surface area contributed by atoms with Crippen molar-refractivity contribution in [2.75, 3.05) is 6.61 Å². The first-order valence-corrected chi connectivity index (χ1v) is 24.8. The molecule has 0 saturated heterocycles. The van der Waals surface area contributed by atoms with Gasteiger partial charge in [-0.2, -0.15) is 0 Å². The van der Waals surface area contributed by atoms with Crippen molar-refractivity contribution < 1.29 is 24.5 Å². The van der Waals surface area contributed by atoms with Crippen LogP contribution < -0.4 is 5.32 Å². The minimum Gasteiger partial charge on any atom is -0.458 e. The summed E-state index contributed by atoms with van der Waals surface area (Å²) >= 11 is 0. The predicted molar refractivity (Wildman–Crippen MR) is 259 cm³/mol. The average Bonchev–Trinajstić information content (AvgIpc) is 3.24. The summed E-state index contributed by atoms with van der Waals surface area (Å²) < 4.78 is 5.80. The Morgan fingerprint density at radius 1 is 0.517 bits per heavy atom. The lowest BCUT2D eigenvalue weighted by Gasteiger charge is -2.23. The number of allylic oxidation sites excluding steroid dienone is 13. The number of rotatable bonds is 43. The van der Waals surface area contributed by atoms with E-state index in [1.165, 1.54) is 89.9 Å². The van der Waals surface area contributed by atoms with Crippen molar-refractivity contribution in [1.82, 2.24) is 5.32 Å². The lowest BCUT2D eigenvalue weighted by molar-refractivity contribution is -0.148. The number of ether oxygens (including phenoxy) is 1. The summed E-state index contributed by atoms with van der Waals surface area (Å²) in [5.41, 5.74) is 0. The van der Waals surface area contributed by atoms with Crippen LogP contribution in [-0.2, 0) is 14.3 Å². The Hall–Kier alpha value is -2.96. The zero-order valence-corrected chi connectivity index (χ0v) is 39.1. The minimum absolute atomic E-state index is 0.0566. The fourth-order valence-corrected chi connectivity index (χ4v) is 6.95. The monoisotopic (exact) mass is 836 g/mol. The third-order valence-electron chi connectivity index (χ3n) is 10.7. The molecule has 0 rings (SSSR count). The molecule has 0 fully saturated rings. The van der Waals surface area contributed by atoms with Gasteiger partial charge in [-0.25, -0.2) is 0 Å². The van der Waals surface area contributed by atoms with Crippen LogP contribution in [0.15, 0.2) is 85.1 Å². The molecule has 0 radical (unpaired) electrons. The highest BCUT2D eigenvalue weighted by molar-refractivity contribution is 5.78. The number of nitrogens with one attached hydrogen (secondary N) is 1. The van der Waals surface area contributed by atoms with E-state index in [9.17, 15) is 19.8 Å². The Bertz CT molecular complexity index is 1160. The third-order valence-corrected chi connectivity index (χ3v) is 10.7. The SMILES string of the molecule is CC/C=C\C/C=C\C/C=C\C/C=C\C/C=C\C/C=C\C(CC(=O)NC(CO)C(O)CCCCCCCCCCCCC)OC(=O)CCCCC/C=C\CCCCCCCC. The van der Waals surface area contributed by atoms with Gasteiger partial charge in [0, 0.05) is 6.42 Å². The highest BCUT2D eigenvalue weighted by Crippen LogP contribution is 2.15. The fraction of sp³-hybridized carbons (Fsp3) is 0.704. The number of hydrogen-bond acceptors (Lipinski definition) is 5. The van der Waals surface area contributed by atoms with Crippen LogP contribution in [0.3, 0.4) is 0 Å². The van der Waals surface area contributed by atoms with Crippen LogP contribution >= 0.6 is 0 Å². The normalized spacial score (nSPS) is 14.0. The molecule has 6 heteroatoms. The van der Waals surface area contributed by atoms with E-state index < -0.39 is 18.2 Å². The smallest absolute Gasteiger partial charge is 0.306 e. The van der Waals surface area contributed by atoms with E-state index in [4.69, 9.17) is 4.74 Å². The summed E-state index contributed by atoms with van der Waals surface area (Å²) in [6, 6.07) is -0.748. The fourth-order valence-electron chi connectivity index (χ4n) is 6.95. The molecular weight excluding hydrogens is 743 g/mol. The van der Waals surface area contributed by atoms with E-state index in [0.717, 1.165) is 83.5 Å². The molecule has 0 aliphatic rings. The molecule has 60 heavy (non-hydrogen) atoms. The van der Waals surface area contributed by atoms with Gasteiger partial charge in [-0.05, 0) is 83.1 Å². The van der Waals surface area contributed by atoms with E-state index in [2.05, 4.69) is 99.0 Å². The standard InChI is InChI=1S/C54H93NO5/c1-4-7-10-13-16-19-22-24-25-26-27-29-31-33-36-39-42-45-50(60-54(59)47-44-41-38-35-32-28-23-20-17-14-11-8-5-2)48-53(58)55-51(49-56)52(57)46-43-40-37-34-30-21-18-15-12-9-6-3/h7,10,16,19,24-25,27-29,32-33,36,42,45,50-52,56-57H,4-6,8-9,11-15,17-18,20-23,26,30-31,34-35,37-41,43-44,46-49H2,1-3H3,(H,55,58)/b10-7-,19-16-,25-24-,29-27-,32-28-,36-33-,45-42-. The number of amides is 1. The average molecular weight is 836 g/mol. The first kappa shape index (κ1) is 57.0. The first-order chi connectivity index (χ1) is 29.5. The highest BCUT2D eigenvalue weighted by Gasteiger charge is 2.23. The summed E-state index contributed by atoms with van der Waals surface area (Å²) in [7, 11) is 0. The van der Waals surface area contributed by atoms with Gasteiger partial charge < -0.3 is 20.3 Å². The molecule has 0 bridgehead atoms. The van der Waals surface area contributed by atoms with Crippen molar-refractivity contribution in [2.24, 2.45) is 0 Å². The second-order valence-corrected chi connectivity index (χ2v) is 16.5. The van der Waals surface area contributed by atoms with Crippen molar-refractivity contribution in [1.29, 1.82) is 0 Å². The molecule has 0 saturated carbocycles. The Morgan fingerprint density at radius 2 is 0.933 bits per heavy atom. The minimum atomic E-state index is -0.824. The van der Waals surface area contributed by atoms with Crippen LogP contribution in [0.2, 0.25) is 0 Å². The summed E-state index contributed by atoms with van der Waals surface area (Å²) in [5.74, 6) is -0.654. The van der Waals surface area contributed by atoms with Crippen molar-refractivity contribution in [2.45, 2.75) is 238 Å². The lowest BCUT2D eigenvalue weighted by atomic mass is 10.0. The van der Waals surface area contributed by atoms with Gasteiger partial charge in [0.05, 0.1) is 25.2 Å². The number of carbonyl (C=O) groups excluding carboxylic acids is 2. The van der Waals surface area contributed by atoms with Crippen molar-refractivity contribution in [3.05, 3.63) is 85.1 Å². The Balaban J connectivity index is 4.83. The van der Waals surface area contributed by atoms with Crippen LogP contribution in [0.5, 0.6) is 0 Å². The van der Waals surface area contributed by atoms with Crippen LogP contribution in [0.4, 0.5) is 0 Å². The van der Waals surface area contributed by atoms with Gasteiger partial charge in [-0.3, -0.25) is 9.59 Å². The second kappa shape index (κ2) is 47.1. The van der Waals surface area contributed by atoms with Crippen molar-refractivity contribution >= 4 is 11.9 Å². The maximum Gasteiger partial charge on any atom is 0.306 e. The maximum atomic E-state index is 13.1. The Morgan fingerprint density at radius 3 is 1.40 bits per heavy atom. The van der Waals surface area contributed by atoms with E-state index in [1.807, 2.05) is 6.08 Å². The topological polar surface area (TPSA) is 95.9 Å². The second-order valence-electron chi connectivity index (χ2n) is 16.5. The number of hydrogen-bond donors (Lipinski definition) is 3. The molecule has 0 aromatic carbocycles. The molecule has 0 spiro atoms. The zero-order chi connectivity index (χ0) is 43.8. The Kier molecular flexibility index (Phi) is 44.8. The molecule has 3 atom stereocenters. The first-order valence-electron chi connectivity index (χ1n) is 24.8. The molecule has 3 unspecified atom stereocenters. The predicted octanol–water partition coefficient (Wildman–Crippen LogP) is 14.8. The number of esters is 1. The van der Waals surface area contributed by atoms with Gasteiger partial charge in [0.1, 0.15) is 6.10 Å². The quantitative estimate of drug-likeness (QED) is 0.0323. The van der Waals surface area contributed by atoms with Gasteiger partial charge in [0.15, 0.2) is 0 Å². The van der Waals surface area contributed by atoms with E-state index >= 15 is 0 Å². The van der Waals surface area contributed by atoms with Crippen molar-refractivity contribution in [3.63, 3.8) is 0 Å². The molecule has 6 nitrogen and oxygen atoms in total. The molecule has 0 aromatic heterocycles. The van der Waals surface area contributed by atoms with Crippen LogP contribution in [0, 0.1) is 0 Å². The summed E-state index contributed by atoms with van der Waals surface area (Å²) in [6.07, 6.45) is 61.0. The van der Waals surface area contributed by atoms with Crippen LogP contribution in [0.1, 0.15) is 220 Å². The number of aliphatic hydroxyl groups is 2. The highest BCUT2D eigenvalue weighted by atomic mass is 16.5.